The van der Waals surface area contributed by atoms with Crippen molar-refractivity contribution in [2.75, 3.05) is 24.1 Å². The van der Waals surface area contributed by atoms with Gasteiger partial charge in [-0.15, -0.1) is 0 Å². The number of halogens is 3. The minimum Gasteiger partial charge on any atom is -0.474 e. The van der Waals surface area contributed by atoms with Crippen LogP contribution < -0.4 is 21.5 Å². The summed E-state index contributed by atoms with van der Waals surface area (Å²) >= 11 is 0. The first-order valence-corrected chi connectivity index (χ1v) is 10.1. The average Bonchev–Trinajstić information content (AvgIpc) is 2.74. The SMILES string of the molecule is CC(=O)N1CCC(Oc2ccc(NC(=N)/C=C(\N)c3cnc(N)cc3C(F)(F)F)cn2)CC1. The molecular formula is C21H24F3N7O2. The highest BCUT2D eigenvalue weighted by molar-refractivity contribution is 6.05. The Balaban J connectivity index is 1.61. The number of aromatic nitrogens is 2. The van der Waals surface area contributed by atoms with Crippen LogP contribution in [0.1, 0.15) is 30.9 Å². The number of carbonyl (C=O) groups is 1. The van der Waals surface area contributed by atoms with Gasteiger partial charge >= 0.3 is 6.18 Å². The molecule has 9 nitrogen and oxygen atoms in total. The van der Waals surface area contributed by atoms with Crippen LogP contribution in [0.3, 0.4) is 0 Å². The van der Waals surface area contributed by atoms with E-state index in [0.717, 1.165) is 12.3 Å². The second-order valence-electron chi connectivity index (χ2n) is 7.50. The van der Waals surface area contributed by atoms with E-state index in [0.29, 0.717) is 43.6 Å². The zero-order valence-electron chi connectivity index (χ0n) is 17.8. The smallest absolute Gasteiger partial charge is 0.417 e. The topological polar surface area (TPSA) is 143 Å². The van der Waals surface area contributed by atoms with Crippen LogP contribution in [-0.4, -0.2) is 45.8 Å². The van der Waals surface area contributed by atoms with Gasteiger partial charge < -0.3 is 26.4 Å². The lowest BCUT2D eigenvalue weighted by Gasteiger charge is -2.31. The molecule has 0 saturated carbocycles. The van der Waals surface area contributed by atoms with E-state index in [9.17, 15) is 18.0 Å². The van der Waals surface area contributed by atoms with Crippen LogP contribution in [0.4, 0.5) is 24.7 Å². The first-order valence-electron chi connectivity index (χ1n) is 10.1. The van der Waals surface area contributed by atoms with Crippen molar-refractivity contribution in [1.82, 2.24) is 14.9 Å². The maximum Gasteiger partial charge on any atom is 0.417 e. The molecule has 0 aliphatic carbocycles. The fourth-order valence-corrected chi connectivity index (χ4v) is 3.34. The van der Waals surface area contributed by atoms with E-state index < -0.39 is 11.7 Å². The lowest BCUT2D eigenvalue weighted by molar-refractivity contribution is -0.137. The minimum absolute atomic E-state index is 0.0430. The molecule has 3 heterocycles. The number of amides is 1. The van der Waals surface area contributed by atoms with Gasteiger partial charge in [-0.2, -0.15) is 13.2 Å². The van der Waals surface area contributed by atoms with Gasteiger partial charge in [-0.3, -0.25) is 10.2 Å². The molecule has 0 bridgehead atoms. The fourth-order valence-electron chi connectivity index (χ4n) is 3.34. The molecule has 0 unspecified atom stereocenters. The predicted molar refractivity (Wildman–Crippen MR) is 117 cm³/mol. The number of anilines is 2. The Labute approximate surface area is 188 Å². The molecule has 1 saturated heterocycles. The molecule has 2 aromatic heterocycles. The maximum absolute atomic E-state index is 13.3. The molecule has 3 rings (SSSR count). The van der Waals surface area contributed by atoms with E-state index in [-0.39, 0.29) is 34.9 Å². The van der Waals surface area contributed by atoms with Crippen LogP contribution in [0.25, 0.3) is 5.70 Å². The molecule has 176 valence electrons. The summed E-state index contributed by atoms with van der Waals surface area (Å²) in [5.74, 6) is -0.0954. The van der Waals surface area contributed by atoms with E-state index in [1.54, 1.807) is 17.0 Å². The van der Waals surface area contributed by atoms with Crippen molar-refractivity contribution in [2.24, 2.45) is 5.73 Å². The van der Waals surface area contributed by atoms with Crippen molar-refractivity contribution in [2.45, 2.75) is 32.0 Å². The maximum atomic E-state index is 13.3. The summed E-state index contributed by atoms with van der Waals surface area (Å²) in [6.45, 7) is 2.80. The summed E-state index contributed by atoms with van der Waals surface area (Å²) in [5.41, 5.74) is 9.87. The van der Waals surface area contributed by atoms with Crippen LogP contribution in [0.15, 0.2) is 36.7 Å². The van der Waals surface area contributed by atoms with Gasteiger partial charge in [0, 0.05) is 62.5 Å². The second-order valence-corrected chi connectivity index (χ2v) is 7.50. The third kappa shape index (κ3) is 6.34. The lowest BCUT2D eigenvalue weighted by atomic mass is 10.1. The van der Waals surface area contributed by atoms with Crippen molar-refractivity contribution in [1.29, 1.82) is 5.41 Å². The van der Waals surface area contributed by atoms with Crippen LogP contribution in [-0.2, 0) is 11.0 Å². The van der Waals surface area contributed by atoms with Gasteiger partial charge in [-0.05, 0) is 12.1 Å². The lowest BCUT2D eigenvalue weighted by Crippen LogP contribution is -2.40. The summed E-state index contributed by atoms with van der Waals surface area (Å²) in [7, 11) is 0. The number of nitrogens with one attached hydrogen (secondary N) is 2. The normalized spacial score (nSPS) is 15.3. The van der Waals surface area contributed by atoms with E-state index in [4.69, 9.17) is 21.6 Å². The first kappa shape index (κ1) is 23.8. The highest BCUT2D eigenvalue weighted by Gasteiger charge is 2.34. The van der Waals surface area contributed by atoms with Crippen molar-refractivity contribution >= 4 is 28.9 Å². The Morgan fingerprint density at radius 1 is 1.27 bits per heavy atom. The Bertz CT molecular complexity index is 1050. The van der Waals surface area contributed by atoms with Gasteiger partial charge in [0.1, 0.15) is 17.8 Å². The van der Waals surface area contributed by atoms with Crippen LogP contribution in [0, 0.1) is 5.41 Å². The Kier molecular flexibility index (Phi) is 7.04. The Hall–Kier alpha value is -3.83. The third-order valence-corrected chi connectivity index (χ3v) is 5.03. The van der Waals surface area contributed by atoms with Gasteiger partial charge in [-0.25, -0.2) is 9.97 Å². The molecule has 0 aromatic carbocycles. The summed E-state index contributed by atoms with van der Waals surface area (Å²) < 4.78 is 45.6. The standard InChI is InChI=1S/C21H24F3N7O2/c1-12(32)31-6-4-14(5-7-31)33-20-3-2-13(10-29-20)30-19(27)9-17(25)15-11-28-18(26)8-16(15)21(22,23)24/h2-3,8-11,14H,4-7,25H2,1H3,(H2,26,28)(H2,27,30)/b17-9-. The molecule has 0 radical (unpaired) electrons. The van der Waals surface area contributed by atoms with E-state index in [1.807, 2.05) is 0 Å². The number of hydrogen-bond donors (Lipinski definition) is 4. The van der Waals surface area contributed by atoms with Crippen molar-refractivity contribution in [3.05, 3.63) is 47.8 Å². The number of ether oxygens (including phenoxy) is 1. The number of nitrogen functional groups attached to an aromatic ring is 1. The number of amidine groups is 1. The average molecular weight is 463 g/mol. The van der Waals surface area contributed by atoms with Crippen molar-refractivity contribution in [3.8, 4) is 5.88 Å². The first-order chi connectivity index (χ1) is 15.5. The monoisotopic (exact) mass is 463 g/mol. The molecule has 1 aliphatic rings. The number of pyridine rings is 2. The van der Waals surface area contributed by atoms with Gasteiger partial charge in [0.2, 0.25) is 11.8 Å². The number of nitrogens with zero attached hydrogens (tertiary/aromatic N) is 3. The molecule has 33 heavy (non-hydrogen) atoms. The molecule has 0 spiro atoms. The van der Waals surface area contributed by atoms with Gasteiger partial charge in [-0.1, -0.05) is 0 Å². The quantitative estimate of drug-likeness (QED) is 0.394. The summed E-state index contributed by atoms with van der Waals surface area (Å²) in [5, 5.41) is 10.7. The predicted octanol–water partition coefficient (Wildman–Crippen LogP) is 2.86. The van der Waals surface area contributed by atoms with Gasteiger partial charge in [0.25, 0.3) is 0 Å². The summed E-state index contributed by atoms with van der Waals surface area (Å²) in [6, 6.07) is 3.93. The van der Waals surface area contributed by atoms with Crippen molar-refractivity contribution < 1.29 is 22.7 Å². The highest BCUT2D eigenvalue weighted by Crippen LogP contribution is 2.34. The third-order valence-electron chi connectivity index (χ3n) is 5.03. The number of likely N-dealkylation sites (tertiary alicyclic amines) is 1. The van der Waals surface area contributed by atoms with E-state index in [2.05, 4.69) is 15.3 Å². The van der Waals surface area contributed by atoms with Crippen LogP contribution in [0.2, 0.25) is 0 Å². The molecular weight excluding hydrogens is 439 g/mol. The van der Waals surface area contributed by atoms with Crippen LogP contribution in [0.5, 0.6) is 5.88 Å². The number of rotatable bonds is 5. The molecule has 2 aromatic rings. The molecule has 1 aliphatic heterocycles. The minimum atomic E-state index is -4.68. The van der Waals surface area contributed by atoms with Gasteiger partial charge in [0.15, 0.2) is 0 Å². The number of carbonyl (C=O) groups excluding carboxylic acids is 1. The number of hydrogen-bond acceptors (Lipinski definition) is 7. The van der Waals surface area contributed by atoms with Crippen LogP contribution >= 0.6 is 0 Å². The molecule has 1 amide bonds. The summed E-state index contributed by atoms with van der Waals surface area (Å²) in [6.07, 6.45) is 0.0880. The second kappa shape index (κ2) is 9.76. The Morgan fingerprint density at radius 2 is 1.97 bits per heavy atom. The van der Waals surface area contributed by atoms with Gasteiger partial charge in [0.05, 0.1) is 17.4 Å². The molecule has 6 N–H and O–H groups in total. The molecule has 12 heteroatoms. The van der Waals surface area contributed by atoms with Crippen molar-refractivity contribution in [3.63, 3.8) is 0 Å². The fraction of sp³-hybridized carbons (Fsp3) is 0.333. The molecule has 1 fully saturated rings. The number of nitrogens with two attached hydrogens (primary N) is 2. The Morgan fingerprint density at radius 3 is 2.55 bits per heavy atom. The molecule has 0 atom stereocenters. The number of piperidine rings is 1. The number of alkyl halides is 3. The summed E-state index contributed by atoms with van der Waals surface area (Å²) in [4.78, 5) is 21.0. The zero-order valence-corrected chi connectivity index (χ0v) is 17.8. The zero-order chi connectivity index (χ0) is 24.2. The highest BCUT2D eigenvalue weighted by atomic mass is 19.4. The largest absolute Gasteiger partial charge is 0.474 e. The van der Waals surface area contributed by atoms with E-state index in [1.165, 1.54) is 13.1 Å². The van der Waals surface area contributed by atoms with E-state index >= 15 is 0 Å².